The molecule has 0 atom stereocenters. The number of nitrogens with zero attached hydrogens (tertiary/aromatic N) is 4. The van der Waals surface area contributed by atoms with Crippen molar-refractivity contribution in [2.45, 2.75) is 19.4 Å². The molecule has 0 unspecified atom stereocenters. The molecule has 2 N–H and O–H groups in total. The zero-order valence-corrected chi connectivity index (χ0v) is 24.7. The number of hydrogen-bond donors (Lipinski definition) is 2. The van der Waals surface area contributed by atoms with E-state index in [4.69, 9.17) is 32.9 Å². The minimum atomic E-state index is -0.775. The summed E-state index contributed by atoms with van der Waals surface area (Å²) in [5, 5.41) is 15.4. The fourth-order valence-corrected chi connectivity index (χ4v) is 6.50. The van der Waals surface area contributed by atoms with E-state index in [0.717, 1.165) is 22.0 Å². The zero-order valence-electron chi connectivity index (χ0n) is 20.8. The van der Waals surface area contributed by atoms with Gasteiger partial charge >= 0.3 is 5.97 Å². The summed E-state index contributed by atoms with van der Waals surface area (Å²) in [4.78, 5) is 39.4. The predicted molar refractivity (Wildman–Crippen MR) is 156 cm³/mol. The molecule has 206 valence electrons. The number of carboxylic acid groups (broad SMARTS) is 1. The number of methoxy groups -OCH3 is 1. The largest absolute Gasteiger partial charge is 0.481 e. The normalized spacial score (nSPS) is 14.0. The van der Waals surface area contributed by atoms with Crippen LogP contribution >= 0.6 is 58.3 Å². The van der Waals surface area contributed by atoms with E-state index in [1.807, 2.05) is 23.4 Å². The maximum Gasteiger partial charge on any atom is 0.306 e. The van der Waals surface area contributed by atoms with E-state index in [-0.39, 0.29) is 24.2 Å². The smallest absolute Gasteiger partial charge is 0.306 e. The third-order valence-electron chi connectivity index (χ3n) is 6.04. The number of thiazole rings is 1. The van der Waals surface area contributed by atoms with Gasteiger partial charge in [0, 0.05) is 49.7 Å². The number of anilines is 2. The van der Waals surface area contributed by atoms with E-state index in [2.05, 4.69) is 15.2 Å². The SMILES string of the molecule is COCCN(C)Cc1sc(NC(=O)c2cnc(N3CCC(C(=O)O)CC3)c(Cl)c2)nc1-c1cc(Cl)cs1.Cl. The molecule has 0 spiro atoms. The molecule has 3 aromatic heterocycles. The monoisotopic (exact) mass is 619 g/mol. The molecule has 0 bridgehead atoms. The number of aromatic nitrogens is 2. The van der Waals surface area contributed by atoms with Crippen molar-refractivity contribution in [1.82, 2.24) is 14.9 Å². The van der Waals surface area contributed by atoms with Crippen LogP contribution in [0.15, 0.2) is 23.7 Å². The fraction of sp³-hybridized carbons (Fsp3) is 0.417. The average Bonchev–Trinajstić information content (AvgIpc) is 3.48. The number of ether oxygens (including phenoxy) is 1. The first-order chi connectivity index (χ1) is 17.7. The van der Waals surface area contributed by atoms with Crippen LogP contribution in [0.4, 0.5) is 10.9 Å². The van der Waals surface area contributed by atoms with Crippen molar-refractivity contribution in [2.24, 2.45) is 5.92 Å². The van der Waals surface area contributed by atoms with Crippen molar-refractivity contribution in [1.29, 1.82) is 0 Å². The van der Waals surface area contributed by atoms with Crippen LogP contribution in [0.5, 0.6) is 0 Å². The summed E-state index contributed by atoms with van der Waals surface area (Å²) in [6.07, 6.45) is 2.54. The summed E-state index contributed by atoms with van der Waals surface area (Å²) in [7, 11) is 3.67. The molecular weight excluding hydrogens is 593 g/mol. The Bertz CT molecular complexity index is 1260. The Labute approximate surface area is 245 Å². The van der Waals surface area contributed by atoms with Crippen LogP contribution in [0.3, 0.4) is 0 Å². The number of aliphatic carboxylic acids is 1. The Morgan fingerprint density at radius 1 is 1.29 bits per heavy atom. The van der Waals surface area contributed by atoms with Gasteiger partial charge in [-0.3, -0.25) is 19.8 Å². The van der Waals surface area contributed by atoms with E-state index in [1.54, 1.807) is 13.2 Å². The number of likely N-dealkylation sites (N-methyl/N-ethyl adjacent to an activating group) is 1. The number of halogens is 3. The third-order valence-corrected chi connectivity index (χ3v) is 8.56. The van der Waals surface area contributed by atoms with Crippen LogP contribution in [0, 0.1) is 5.92 Å². The van der Waals surface area contributed by atoms with Crippen LogP contribution in [0.25, 0.3) is 10.6 Å². The molecule has 0 aliphatic carbocycles. The van der Waals surface area contributed by atoms with E-state index in [0.29, 0.717) is 65.6 Å². The molecule has 9 nitrogen and oxygen atoms in total. The van der Waals surface area contributed by atoms with Gasteiger partial charge in [-0.15, -0.1) is 23.7 Å². The fourth-order valence-electron chi connectivity index (χ4n) is 4.01. The second-order valence-corrected chi connectivity index (χ2v) is 11.6. The highest BCUT2D eigenvalue weighted by atomic mass is 35.5. The summed E-state index contributed by atoms with van der Waals surface area (Å²) in [6.45, 7) is 3.10. The number of carbonyl (C=O) groups is 2. The van der Waals surface area contributed by atoms with Gasteiger partial charge in [0.1, 0.15) is 5.82 Å². The Hall–Kier alpha value is -1.99. The molecule has 1 aliphatic heterocycles. The van der Waals surface area contributed by atoms with Crippen LogP contribution in [0.2, 0.25) is 10.0 Å². The lowest BCUT2D eigenvalue weighted by molar-refractivity contribution is -0.142. The van der Waals surface area contributed by atoms with Crippen LogP contribution in [0.1, 0.15) is 28.1 Å². The Kier molecular flexibility index (Phi) is 11.2. The molecule has 14 heteroatoms. The van der Waals surface area contributed by atoms with Gasteiger partial charge in [-0.25, -0.2) is 9.97 Å². The lowest BCUT2D eigenvalue weighted by atomic mass is 9.97. The molecule has 1 amide bonds. The quantitative estimate of drug-likeness (QED) is 0.301. The van der Waals surface area contributed by atoms with Crippen molar-refractivity contribution >= 4 is 81.1 Å². The minimum absolute atomic E-state index is 0. The zero-order chi connectivity index (χ0) is 26.5. The first kappa shape index (κ1) is 30.6. The number of nitrogens with one attached hydrogen (secondary N) is 1. The van der Waals surface area contributed by atoms with Crippen molar-refractivity contribution in [2.75, 3.05) is 50.6 Å². The molecule has 1 saturated heterocycles. The molecule has 4 heterocycles. The summed E-state index contributed by atoms with van der Waals surface area (Å²) in [5.41, 5.74) is 1.10. The lowest BCUT2D eigenvalue weighted by Crippen LogP contribution is -2.37. The molecular formula is C24H28Cl3N5O4S2. The van der Waals surface area contributed by atoms with E-state index < -0.39 is 5.97 Å². The van der Waals surface area contributed by atoms with Crippen molar-refractivity contribution < 1.29 is 19.4 Å². The first-order valence-corrected chi connectivity index (χ1v) is 14.1. The van der Waals surface area contributed by atoms with E-state index in [1.165, 1.54) is 28.9 Å². The van der Waals surface area contributed by atoms with Gasteiger partial charge in [0.25, 0.3) is 5.91 Å². The van der Waals surface area contributed by atoms with Gasteiger partial charge in [0.2, 0.25) is 0 Å². The van der Waals surface area contributed by atoms with Crippen molar-refractivity contribution in [3.63, 3.8) is 0 Å². The Morgan fingerprint density at radius 3 is 2.63 bits per heavy atom. The van der Waals surface area contributed by atoms with Crippen LogP contribution < -0.4 is 10.2 Å². The molecule has 0 aromatic carbocycles. The number of piperidine rings is 1. The lowest BCUT2D eigenvalue weighted by Gasteiger charge is -2.31. The molecule has 38 heavy (non-hydrogen) atoms. The number of hydrogen-bond acceptors (Lipinski definition) is 9. The standard InChI is InChI=1S/C24H27Cl2N5O4S2.ClH/c1-30(7-8-35-2)12-19-20(18-10-16(25)13-36-18)28-24(37-19)29-22(32)15-9-17(26)21(27-11-15)31-5-3-14(4-6-31)23(33)34;/h9-11,13-14H,3-8,12H2,1-2H3,(H,33,34)(H,28,29,32);1H. The minimum Gasteiger partial charge on any atom is -0.481 e. The third kappa shape index (κ3) is 7.56. The molecule has 1 aliphatic rings. The summed E-state index contributed by atoms with van der Waals surface area (Å²) < 4.78 is 5.18. The number of rotatable bonds is 10. The van der Waals surface area contributed by atoms with Gasteiger partial charge in [-0.05, 0) is 32.0 Å². The van der Waals surface area contributed by atoms with Gasteiger partial charge in [-0.2, -0.15) is 0 Å². The number of thiophene rings is 1. The molecule has 1 fully saturated rings. The maximum absolute atomic E-state index is 13.0. The number of carboxylic acids is 1. The highest BCUT2D eigenvalue weighted by molar-refractivity contribution is 7.17. The van der Waals surface area contributed by atoms with Crippen molar-refractivity contribution in [3.05, 3.63) is 44.2 Å². The average molecular weight is 621 g/mol. The van der Waals surface area contributed by atoms with Crippen LogP contribution in [-0.2, 0) is 16.1 Å². The van der Waals surface area contributed by atoms with Gasteiger partial charge < -0.3 is 14.7 Å². The number of pyridine rings is 1. The number of amides is 1. The Balaban J connectivity index is 0.00000400. The highest BCUT2D eigenvalue weighted by Crippen LogP contribution is 2.37. The van der Waals surface area contributed by atoms with Crippen LogP contribution in [-0.4, -0.2) is 72.2 Å². The number of carbonyl (C=O) groups excluding carboxylic acids is 1. The predicted octanol–water partition coefficient (Wildman–Crippen LogP) is 5.63. The summed E-state index contributed by atoms with van der Waals surface area (Å²) >= 11 is 15.5. The second kappa shape index (κ2) is 13.9. The van der Waals surface area contributed by atoms with Gasteiger partial charge in [0.15, 0.2) is 5.13 Å². The van der Waals surface area contributed by atoms with Gasteiger partial charge in [0.05, 0.1) is 38.7 Å². The summed E-state index contributed by atoms with van der Waals surface area (Å²) in [6, 6.07) is 3.45. The molecule has 3 aromatic rings. The topological polar surface area (TPSA) is 108 Å². The van der Waals surface area contributed by atoms with Crippen molar-refractivity contribution in [3.8, 4) is 10.6 Å². The molecule has 0 radical (unpaired) electrons. The maximum atomic E-state index is 13.0. The second-order valence-electron chi connectivity index (χ2n) is 8.73. The summed E-state index contributed by atoms with van der Waals surface area (Å²) in [5.74, 6) is -0.940. The Morgan fingerprint density at radius 2 is 2.03 bits per heavy atom. The first-order valence-electron chi connectivity index (χ1n) is 11.6. The highest BCUT2D eigenvalue weighted by Gasteiger charge is 2.26. The molecule has 0 saturated carbocycles. The van der Waals surface area contributed by atoms with E-state index >= 15 is 0 Å². The van der Waals surface area contributed by atoms with Gasteiger partial charge in [-0.1, -0.05) is 34.5 Å². The molecule has 4 rings (SSSR count). The van der Waals surface area contributed by atoms with E-state index in [9.17, 15) is 14.7 Å².